The summed E-state index contributed by atoms with van der Waals surface area (Å²) in [6.07, 6.45) is 7.26. The van der Waals surface area contributed by atoms with Gasteiger partial charge in [0.25, 0.3) is 11.8 Å². The number of anilines is 3. The molecule has 1 saturated carbocycles. The van der Waals surface area contributed by atoms with Crippen LogP contribution in [0.2, 0.25) is 0 Å². The van der Waals surface area contributed by atoms with Gasteiger partial charge in [-0.2, -0.15) is 5.26 Å². The standard InChI is InChI=1S/C47H52N10O6/c1-27(2)56(33-20-35(21-33)63-34-9-10-36-38(22-34)46(61)57(45(36)60)40-12-14-42(58)52-44(40)59)32-15-18-53(19-16-32)41-13-8-31(24-50-41)51-47(62)55-26-28(3)54(25-29(55)4)39-11-7-30(23-48)43-37(39)6-5-17-49-43/h5-11,13,17,22,24,27-29,32-33,35,40H,12,14-16,18-21,25-26H2,1-4H3,(H,51,62)(H,52,58,59)/t28-,29+,33?,35?,40?/m0/s1. The number of carbonyl (C=O) groups is 5. The number of ether oxygens (including phenoxy) is 1. The number of carbonyl (C=O) groups excluding carboxylic acids is 5. The van der Waals surface area contributed by atoms with Crippen LogP contribution in [-0.4, -0.2) is 123 Å². The minimum absolute atomic E-state index is 0.0281. The van der Waals surface area contributed by atoms with Gasteiger partial charge in [0, 0.05) is 92.9 Å². The van der Waals surface area contributed by atoms with Gasteiger partial charge < -0.3 is 24.8 Å². The predicted molar refractivity (Wildman–Crippen MR) is 235 cm³/mol. The van der Waals surface area contributed by atoms with Crippen LogP contribution in [0, 0.1) is 11.3 Å². The number of aromatic nitrogens is 2. The fourth-order valence-corrected chi connectivity index (χ4v) is 10.2. The smallest absolute Gasteiger partial charge is 0.322 e. The summed E-state index contributed by atoms with van der Waals surface area (Å²) >= 11 is 0. The lowest BCUT2D eigenvalue weighted by Crippen LogP contribution is -2.59. The van der Waals surface area contributed by atoms with E-state index in [0.717, 1.165) is 60.6 Å². The molecule has 16 nitrogen and oxygen atoms in total. The number of piperazine rings is 1. The highest BCUT2D eigenvalue weighted by molar-refractivity contribution is 6.23. The number of nitriles is 1. The summed E-state index contributed by atoms with van der Waals surface area (Å²) in [5.41, 5.74) is 3.33. The average Bonchev–Trinajstić information content (AvgIpc) is 3.51. The van der Waals surface area contributed by atoms with Crippen LogP contribution in [0.1, 0.15) is 92.5 Å². The number of pyridine rings is 2. The van der Waals surface area contributed by atoms with E-state index in [1.54, 1.807) is 30.6 Å². The van der Waals surface area contributed by atoms with Gasteiger partial charge in [-0.05, 0) is 102 Å². The van der Waals surface area contributed by atoms with E-state index < -0.39 is 29.7 Å². The van der Waals surface area contributed by atoms with Crippen LogP contribution in [0.5, 0.6) is 5.75 Å². The van der Waals surface area contributed by atoms with Crippen molar-refractivity contribution in [3.05, 3.63) is 83.7 Å². The molecule has 4 fully saturated rings. The number of nitrogens with one attached hydrogen (secondary N) is 2. The lowest BCUT2D eigenvalue weighted by Gasteiger charge is -2.50. The van der Waals surface area contributed by atoms with Crippen molar-refractivity contribution in [2.24, 2.45) is 0 Å². The van der Waals surface area contributed by atoms with E-state index in [-0.39, 0.29) is 48.2 Å². The summed E-state index contributed by atoms with van der Waals surface area (Å²) in [4.78, 5) is 83.4. The third-order valence-electron chi connectivity index (χ3n) is 13.4. The van der Waals surface area contributed by atoms with E-state index in [9.17, 15) is 29.2 Å². The third kappa shape index (κ3) is 7.90. The molecule has 2 aromatic carbocycles. The van der Waals surface area contributed by atoms with Crippen LogP contribution in [0.4, 0.5) is 22.0 Å². The molecule has 16 heteroatoms. The first kappa shape index (κ1) is 41.7. The first-order chi connectivity index (χ1) is 30.4. The van der Waals surface area contributed by atoms with Crippen LogP contribution in [0.15, 0.2) is 67.0 Å². The second-order valence-corrected chi connectivity index (χ2v) is 17.8. The number of urea groups is 1. The molecule has 9 rings (SSSR count). The molecule has 4 aromatic rings. The Morgan fingerprint density at radius 2 is 1.70 bits per heavy atom. The highest BCUT2D eigenvalue weighted by Gasteiger charge is 2.45. The highest BCUT2D eigenvalue weighted by atomic mass is 16.5. The lowest BCUT2D eigenvalue weighted by atomic mass is 9.84. The number of benzene rings is 2. The van der Waals surface area contributed by atoms with Crippen LogP contribution >= 0.6 is 0 Å². The van der Waals surface area contributed by atoms with Gasteiger partial charge in [0.1, 0.15) is 29.8 Å². The van der Waals surface area contributed by atoms with Crippen LogP contribution in [0.25, 0.3) is 10.9 Å². The maximum absolute atomic E-state index is 13.6. The Balaban J connectivity index is 0.751. The molecule has 0 bridgehead atoms. The van der Waals surface area contributed by atoms with Gasteiger partial charge in [-0.3, -0.25) is 39.3 Å². The first-order valence-electron chi connectivity index (χ1n) is 22.0. The molecular weight excluding hydrogens is 801 g/mol. The van der Waals surface area contributed by atoms with Crippen molar-refractivity contribution in [1.29, 1.82) is 5.26 Å². The van der Waals surface area contributed by atoms with Crippen molar-refractivity contribution in [3.8, 4) is 11.8 Å². The molecule has 2 aromatic heterocycles. The van der Waals surface area contributed by atoms with E-state index in [1.807, 2.05) is 41.3 Å². The molecule has 3 saturated heterocycles. The number of hydrogen-bond acceptors (Lipinski definition) is 12. The van der Waals surface area contributed by atoms with Crippen molar-refractivity contribution in [3.63, 3.8) is 0 Å². The Bertz CT molecular complexity index is 2510. The molecule has 1 aliphatic carbocycles. The first-order valence-corrected chi connectivity index (χ1v) is 22.0. The summed E-state index contributed by atoms with van der Waals surface area (Å²) < 4.78 is 6.33. The van der Waals surface area contributed by atoms with Crippen molar-refractivity contribution in [2.45, 2.75) is 109 Å². The molecule has 3 atom stereocenters. The number of amides is 6. The molecule has 5 aliphatic rings. The third-order valence-corrected chi connectivity index (χ3v) is 13.4. The Hall–Kier alpha value is -6.60. The van der Waals surface area contributed by atoms with E-state index in [1.165, 1.54) is 0 Å². The lowest BCUT2D eigenvalue weighted by molar-refractivity contribution is -0.136. The fraction of sp³-hybridized carbons (Fsp3) is 0.447. The van der Waals surface area contributed by atoms with Crippen LogP contribution < -0.4 is 25.2 Å². The highest BCUT2D eigenvalue weighted by Crippen LogP contribution is 2.37. The van der Waals surface area contributed by atoms with Gasteiger partial charge in [-0.1, -0.05) is 0 Å². The van der Waals surface area contributed by atoms with Crippen molar-refractivity contribution < 1.29 is 28.7 Å². The second-order valence-electron chi connectivity index (χ2n) is 17.8. The zero-order valence-electron chi connectivity index (χ0n) is 36.0. The second kappa shape index (κ2) is 16.9. The Morgan fingerprint density at radius 1 is 0.921 bits per heavy atom. The van der Waals surface area contributed by atoms with Crippen molar-refractivity contribution in [2.75, 3.05) is 41.3 Å². The van der Waals surface area contributed by atoms with E-state index in [0.29, 0.717) is 53.7 Å². The van der Waals surface area contributed by atoms with Crippen LogP contribution in [-0.2, 0) is 9.59 Å². The summed E-state index contributed by atoms with van der Waals surface area (Å²) in [7, 11) is 0. The molecule has 0 radical (unpaired) electrons. The van der Waals surface area contributed by atoms with Gasteiger partial charge >= 0.3 is 6.03 Å². The molecule has 6 heterocycles. The number of nitrogens with zero attached hydrogens (tertiary/aromatic N) is 8. The van der Waals surface area contributed by atoms with Gasteiger partial charge in [0.15, 0.2) is 0 Å². The Kier molecular flexibility index (Phi) is 11.2. The summed E-state index contributed by atoms with van der Waals surface area (Å²) in [6.45, 7) is 11.5. The molecule has 0 spiro atoms. The predicted octanol–water partition coefficient (Wildman–Crippen LogP) is 5.32. The largest absolute Gasteiger partial charge is 0.490 e. The van der Waals surface area contributed by atoms with Gasteiger partial charge in [0.05, 0.1) is 34.1 Å². The average molecular weight is 853 g/mol. The summed E-state index contributed by atoms with van der Waals surface area (Å²) in [5, 5.41) is 15.8. The number of rotatable bonds is 9. The molecule has 63 heavy (non-hydrogen) atoms. The topological polar surface area (TPSA) is 184 Å². The molecular formula is C47H52N10O6. The number of fused-ring (bicyclic) bond motifs is 2. The summed E-state index contributed by atoms with van der Waals surface area (Å²) in [6, 6.07) is 18.6. The fourth-order valence-electron chi connectivity index (χ4n) is 10.2. The van der Waals surface area contributed by atoms with E-state index in [2.05, 4.69) is 64.1 Å². The monoisotopic (exact) mass is 852 g/mol. The quantitative estimate of drug-likeness (QED) is 0.207. The molecule has 326 valence electrons. The van der Waals surface area contributed by atoms with Gasteiger partial charge in [-0.15, -0.1) is 0 Å². The SMILES string of the molecule is CC(C)N(C1CCN(c2ccc(NC(=O)N3C[C@H](C)N(c4ccc(C#N)c5ncccc45)C[C@H]3C)cn2)CC1)C1CC(Oc2ccc3c(c2)C(=O)N(C2CCC(=O)NC2=O)C3=O)C1. The minimum atomic E-state index is -1.01. The molecule has 4 aliphatic heterocycles. The molecule has 6 amide bonds. The minimum Gasteiger partial charge on any atom is -0.490 e. The van der Waals surface area contributed by atoms with Crippen molar-refractivity contribution in [1.82, 2.24) is 30.0 Å². The maximum Gasteiger partial charge on any atom is 0.322 e. The molecule has 2 N–H and O–H groups in total. The Morgan fingerprint density at radius 3 is 2.41 bits per heavy atom. The van der Waals surface area contributed by atoms with Gasteiger partial charge in [-0.25, -0.2) is 9.78 Å². The normalized spacial score (nSPS) is 24.1. The van der Waals surface area contributed by atoms with Crippen LogP contribution in [0.3, 0.4) is 0 Å². The maximum atomic E-state index is 13.6. The number of hydrogen-bond donors (Lipinski definition) is 2. The number of imide groups is 2. The van der Waals surface area contributed by atoms with Crippen molar-refractivity contribution >= 4 is 57.8 Å². The van der Waals surface area contributed by atoms with Gasteiger partial charge in [0.2, 0.25) is 11.8 Å². The Labute approximate surface area is 366 Å². The molecule has 1 unspecified atom stereocenters. The number of piperidine rings is 2. The zero-order chi connectivity index (χ0) is 44.1. The van der Waals surface area contributed by atoms with E-state index in [4.69, 9.17) is 9.72 Å². The van der Waals surface area contributed by atoms with E-state index >= 15 is 0 Å². The summed E-state index contributed by atoms with van der Waals surface area (Å²) in [5.74, 6) is -0.717. The zero-order valence-corrected chi connectivity index (χ0v) is 36.0.